The molecule has 3 aliphatic carbocycles. The third-order valence-corrected chi connectivity index (χ3v) is 4.52. The Balaban J connectivity index is 1.43. The monoisotopic (exact) mass is 350 g/mol. The van der Waals surface area contributed by atoms with E-state index in [-0.39, 0.29) is 23.2 Å². The molecule has 0 saturated carbocycles. The third-order valence-electron chi connectivity index (χ3n) is 4.19. The Bertz CT molecular complexity index is 894. The smallest absolute Gasteiger partial charge is 0.346 e. The highest BCUT2D eigenvalue weighted by molar-refractivity contribution is 6.31. The van der Waals surface area contributed by atoms with Crippen LogP contribution in [0.5, 0.6) is 0 Å². The van der Waals surface area contributed by atoms with Gasteiger partial charge in [-0.1, -0.05) is 23.8 Å². The van der Waals surface area contributed by atoms with Gasteiger partial charge in [-0.15, -0.1) is 0 Å². The Hall–Kier alpha value is -2.34. The van der Waals surface area contributed by atoms with E-state index < -0.39 is 11.7 Å². The minimum Gasteiger partial charge on any atom is -0.346 e. The molecule has 3 nitrogen and oxygen atoms in total. The van der Waals surface area contributed by atoms with E-state index in [1.165, 1.54) is 5.57 Å². The number of hydrogen-bond acceptors (Lipinski definition) is 2. The first-order chi connectivity index (χ1) is 11.3. The number of allylic oxidation sites excluding steroid dienone is 6. The second-order valence-corrected chi connectivity index (χ2v) is 6.14. The van der Waals surface area contributed by atoms with Crippen LogP contribution in [0.2, 0.25) is 5.02 Å². The lowest BCUT2D eigenvalue weighted by Crippen LogP contribution is -2.25. The van der Waals surface area contributed by atoms with Crippen molar-refractivity contribution in [3.05, 3.63) is 75.1 Å². The highest BCUT2D eigenvalue weighted by atomic mass is 35.5. The predicted molar refractivity (Wildman–Crippen MR) is 81.9 cm³/mol. The molecule has 4 rings (SSSR count). The fraction of sp³-hybridized carbons (Fsp3) is 0.176. The van der Waals surface area contributed by atoms with Gasteiger partial charge >= 0.3 is 6.18 Å². The summed E-state index contributed by atoms with van der Waals surface area (Å²) in [6.45, 7) is -0.0398. The summed E-state index contributed by atoms with van der Waals surface area (Å²) in [6.07, 6.45) is 3.99. The summed E-state index contributed by atoms with van der Waals surface area (Å²) in [7, 11) is 0. The van der Waals surface area contributed by atoms with Crippen LogP contribution in [-0.2, 0) is 17.5 Å². The number of halogens is 4. The Morgan fingerprint density at radius 1 is 1.33 bits per heavy atom. The van der Waals surface area contributed by atoms with E-state index in [2.05, 4.69) is 16.4 Å². The van der Waals surface area contributed by atoms with Gasteiger partial charge in [-0.05, 0) is 34.9 Å². The van der Waals surface area contributed by atoms with Gasteiger partial charge in [0, 0.05) is 17.7 Å². The lowest BCUT2D eigenvalue weighted by Gasteiger charge is -2.11. The maximum atomic E-state index is 12.6. The van der Waals surface area contributed by atoms with Crippen molar-refractivity contribution < 1.29 is 18.0 Å². The van der Waals surface area contributed by atoms with Crippen LogP contribution in [0.3, 0.4) is 0 Å². The van der Waals surface area contributed by atoms with Gasteiger partial charge in [-0.3, -0.25) is 9.78 Å². The second-order valence-electron chi connectivity index (χ2n) is 5.74. The van der Waals surface area contributed by atoms with Crippen LogP contribution >= 0.6 is 11.6 Å². The van der Waals surface area contributed by atoms with Crippen molar-refractivity contribution in [3.63, 3.8) is 0 Å². The minimum absolute atomic E-state index is 0.0398. The molecule has 1 aromatic rings. The standard InChI is InChI=1S/C17H10ClF3N2O/c18-14-5-9(17(19,20)21)6-22-15(14)7-23-16(24)11-2-1-10-12-3-8(12)4-13(10)11/h1-6,12H,7H2,(H,23,24). The van der Waals surface area contributed by atoms with E-state index in [0.717, 1.165) is 17.2 Å². The maximum Gasteiger partial charge on any atom is 0.417 e. The first-order valence-electron chi connectivity index (χ1n) is 7.20. The van der Waals surface area contributed by atoms with E-state index in [4.69, 9.17) is 11.6 Å². The number of alkyl halides is 3. The zero-order chi connectivity index (χ0) is 17.1. The van der Waals surface area contributed by atoms with Crippen LogP contribution in [0.4, 0.5) is 13.2 Å². The van der Waals surface area contributed by atoms with E-state index in [1.54, 1.807) is 6.08 Å². The number of nitrogens with one attached hydrogen (secondary N) is 1. The Labute approximate surface area is 140 Å². The molecule has 0 aliphatic heterocycles. The number of rotatable bonds is 3. The van der Waals surface area contributed by atoms with Gasteiger partial charge < -0.3 is 5.32 Å². The van der Waals surface area contributed by atoms with Crippen LogP contribution in [-0.4, -0.2) is 10.9 Å². The van der Waals surface area contributed by atoms with Crippen molar-refractivity contribution >= 4 is 17.5 Å². The number of pyridine rings is 1. The van der Waals surface area contributed by atoms with Gasteiger partial charge in [0.2, 0.25) is 0 Å². The maximum absolute atomic E-state index is 12.6. The molecule has 24 heavy (non-hydrogen) atoms. The molecule has 0 saturated heterocycles. The summed E-state index contributed by atoms with van der Waals surface area (Å²) in [4.78, 5) is 16.0. The molecule has 7 heteroatoms. The average molecular weight is 351 g/mol. The number of hydrogen-bond donors (Lipinski definition) is 1. The molecular formula is C17H10ClF3N2O. The first kappa shape index (κ1) is 15.2. The fourth-order valence-electron chi connectivity index (χ4n) is 2.87. The molecule has 1 amide bonds. The number of aromatic nitrogens is 1. The number of carbonyl (C=O) groups excluding carboxylic acids is 1. The summed E-state index contributed by atoms with van der Waals surface area (Å²) in [6, 6.07) is 0.810. The van der Waals surface area contributed by atoms with Gasteiger partial charge in [0.05, 0.1) is 22.8 Å². The van der Waals surface area contributed by atoms with Crippen LogP contribution in [0.15, 0.2) is 58.9 Å². The van der Waals surface area contributed by atoms with E-state index >= 15 is 0 Å². The summed E-state index contributed by atoms with van der Waals surface area (Å²) in [5, 5.41) is 2.52. The van der Waals surface area contributed by atoms with Crippen LogP contribution in [0, 0.1) is 5.92 Å². The molecule has 1 aromatic heterocycles. The molecule has 0 spiro atoms. The summed E-state index contributed by atoms with van der Waals surface area (Å²) in [5.74, 6) is 0.0553. The molecule has 0 radical (unpaired) electrons. The number of nitrogens with zero attached hydrogens (tertiary/aromatic N) is 1. The SMILES string of the molecule is O=C(NCc1ncc(C(F)(F)F)cc1Cl)C1=CC=C2C1=CC1=CC12. The molecule has 1 unspecified atom stereocenters. The van der Waals surface area contributed by atoms with Crippen molar-refractivity contribution in [3.8, 4) is 0 Å². The topological polar surface area (TPSA) is 42.0 Å². The summed E-state index contributed by atoms with van der Waals surface area (Å²) in [5.41, 5.74) is 3.10. The third kappa shape index (κ3) is 2.47. The van der Waals surface area contributed by atoms with E-state index in [1.807, 2.05) is 12.2 Å². The lowest BCUT2D eigenvalue weighted by molar-refractivity contribution is -0.137. The average Bonchev–Trinajstić information content (AvgIpc) is 3.00. The Kier molecular flexibility index (Phi) is 3.22. The lowest BCUT2D eigenvalue weighted by atomic mass is 10.0. The van der Waals surface area contributed by atoms with Crippen LogP contribution < -0.4 is 5.32 Å². The number of carbonyl (C=O) groups is 1. The number of amides is 1. The normalized spacial score (nSPS) is 20.6. The van der Waals surface area contributed by atoms with Gasteiger partial charge in [-0.25, -0.2) is 0 Å². The fourth-order valence-corrected chi connectivity index (χ4v) is 3.10. The van der Waals surface area contributed by atoms with E-state index in [0.29, 0.717) is 17.7 Å². The molecule has 1 heterocycles. The second kappa shape index (κ2) is 5.08. The molecule has 3 aliphatic rings. The van der Waals surface area contributed by atoms with Crippen molar-refractivity contribution in [1.82, 2.24) is 10.3 Å². The molecule has 1 atom stereocenters. The zero-order valence-corrected chi connectivity index (χ0v) is 12.9. The van der Waals surface area contributed by atoms with Crippen molar-refractivity contribution in [2.24, 2.45) is 5.92 Å². The highest BCUT2D eigenvalue weighted by Crippen LogP contribution is 2.51. The summed E-state index contributed by atoms with van der Waals surface area (Å²) < 4.78 is 37.8. The Morgan fingerprint density at radius 3 is 2.83 bits per heavy atom. The Morgan fingerprint density at radius 2 is 2.12 bits per heavy atom. The predicted octanol–water partition coefficient (Wildman–Crippen LogP) is 3.73. The quantitative estimate of drug-likeness (QED) is 0.902. The molecule has 0 aromatic carbocycles. The largest absolute Gasteiger partial charge is 0.417 e. The minimum atomic E-state index is -4.50. The van der Waals surface area contributed by atoms with Gasteiger partial charge in [-0.2, -0.15) is 13.2 Å². The van der Waals surface area contributed by atoms with E-state index in [9.17, 15) is 18.0 Å². The van der Waals surface area contributed by atoms with Gasteiger partial charge in [0.25, 0.3) is 5.91 Å². The molecular weight excluding hydrogens is 341 g/mol. The van der Waals surface area contributed by atoms with Gasteiger partial charge in [0.15, 0.2) is 0 Å². The van der Waals surface area contributed by atoms with Crippen molar-refractivity contribution in [2.75, 3.05) is 0 Å². The van der Waals surface area contributed by atoms with Crippen molar-refractivity contribution in [1.29, 1.82) is 0 Å². The molecule has 0 bridgehead atoms. The summed E-state index contributed by atoms with van der Waals surface area (Å²) >= 11 is 5.84. The molecule has 122 valence electrons. The van der Waals surface area contributed by atoms with Crippen LogP contribution in [0.25, 0.3) is 0 Å². The van der Waals surface area contributed by atoms with Gasteiger partial charge in [0.1, 0.15) is 0 Å². The zero-order valence-electron chi connectivity index (χ0n) is 12.1. The molecule has 0 fully saturated rings. The highest BCUT2D eigenvalue weighted by Gasteiger charge is 2.39. The van der Waals surface area contributed by atoms with Crippen LogP contribution in [0.1, 0.15) is 11.3 Å². The first-order valence-corrected chi connectivity index (χ1v) is 7.58. The molecule has 1 N–H and O–H groups in total. The number of fused-ring (bicyclic) bond motifs is 3. The van der Waals surface area contributed by atoms with Crippen molar-refractivity contribution in [2.45, 2.75) is 12.7 Å².